The fourth-order valence-corrected chi connectivity index (χ4v) is 15.5. The smallest absolute Gasteiger partial charge is 0.179 e. The van der Waals surface area contributed by atoms with Gasteiger partial charge >= 0.3 is 0 Å². The summed E-state index contributed by atoms with van der Waals surface area (Å²) in [6, 6.07) is 89.3. The molecule has 4 heteroatoms. The van der Waals surface area contributed by atoms with E-state index in [2.05, 4.69) is 246 Å². The Kier molecular flexibility index (Phi) is 8.23. The largest absolute Gasteiger partial charge is 0.455 e. The van der Waals surface area contributed by atoms with Gasteiger partial charge in [0.2, 0.25) is 0 Å². The maximum absolute atomic E-state index is 6.62. The van der Waals surface area contributed by atoms with Crippen molar-refractivity contribution in [1.82, 2.24) is 9.13 Å². The standard InChI is InChI=1S/C60H40N2OSi/c1-3-20-44(21-4-1)64(45-22-5-2-6-23-45,46-24-15-18-41(38-46)48-30-17-31-53-52-29-10-14-35-59(52)63-60(48)53)47-25-16-19-42(39-47)61-57-34-13-9-28-51(57)54-40-43(36-37-58(54)61)62-55-32-11-7-26-49(55)50-27-8-12-33-56(50)62/h1-40H. The van der Waals surface area contributed by atoms with Crippen molar-refractivity contribution >= 4 is 94.4 Å². The monoisotopic (exact) mass is 832 g/mol. The molecular weight excluding hydrogens is 793 g/mol. The van der Waals surface area contributed by atoms with Gasteiger partial charge in [-0.2, -0.15) is 0 Å². The number of benzene rings is 10. The first-order valence-corrected chi connectivity index (χ1v) is 24.0. The summed E-state index contributed by atoms with van der Waals surface area (Å²) in [6.07, 6.45) is 0. The maximum atomic E-state index is 6.62. The molecule has 0 spiro atoms. The third-order valence-electron chi connectivity index (χ3n) is 13.5. The molecule has 0 bridgehead atoms. The van der Waals surface area contributed by atoms with Gasteiger partial charge in [-0.1, -0.05) is 188 Å². The highest BCUT2D eigenvalue weighted by atomic mass is 28.3. The first kappa shape index (κ1) is 36.5. The Hall–Kier alpha value is -8.18. The lowest BCUT2D eigenvalue weighted by Crippen LogP contribution is -2.74. The molecule has 64 heavy (non-hydrogen) atoms. The number of hydrogen-bond acceptors (Lipinski definition) is 1. The Morgan fingerprint density at radius 3 is 1.42 bits per heavy atom. The van der Waals surface area contributed by atoms with Crippen molar-refractivity contribution in [2.45, 2.75) is 0 Å². The highest BCUT2D eigenvalue weighted by molar-refractivity contribution is 7.20. The van der Waals surface area contributed by atoms with E-state index in [-0.39, 0.29) is 0 Å². The molecule has 13 rings (SSSR count). The van der Waals surface area contributed by atoms with Crippen molar-refractivity contribution in [2.75, 3.05) is 0 Å². The van der Waals surface area contributed by atoms with E-state index in [9.17, 15) is 0 Å². The zero-order valence-electron chi connectivity index (χ0n) is 34.9. The van der Waals surface area contributed by atoms with Gasteiger partial charge < -0.3 is 13.6 Å². The van der Waals surface area contributed by atoms with Crippen LogP contribution in [0.15, 0.2) is 247 Å². The minimum atomic E-state index is -2.99. The molecule has 0 aliphatic carbocycles. The van der Waals surface area contributed by atoms with Gasteiger partial charge in [-0.25, -0.2) is 0 Å². The summed E-state index contributed by atoms with van der Waals surface area (Å²) in [7, 11) is -2.99. The molecule has 0 fully saturated rings. The fourth-order valence-electron chi connectivity index (χ4n) is 10.7. The lowest BCUT2D eigenvalue weighted by atomic mass is 10.0. The van der Waals surface area contributed by atoms with Crippen LogP contribution in [0.3, 0.4) is 0 Å². The normalized spacial score (nSPS) is 12.1. The van der Waals surface area contributed by atoms with Crippen LogP contribution < -0.4 is 20.7 Å². The minimum absolute atomic E-state index is 0.906. The van der Waals surface area contributed by atoms with Crippen LogP contribution in [-0.4, -0.2) is 17.2 Å². The van der Waals surface area contributed by atoms with Crippen LogP contribution in [0.5, 0.6) is 0 Å². The minimum Gasteiger partial charge on any atom is -0.455 e. The number of para-hydroxylation sites is 5. The molecule has 0 unspecified atom stereocenters. The van der Waals surface area contributed by atoms with Crippen molar-refractivity contribution in [3.63, 3.8) is 0 Å². The highest BCUT2D eigenvalue weighted by Gasteiger charge is 2.42. The molecule has 0 saturated carbocycles. The summed E-state index contributed by atoms with van der Waals surface area (Å²) in [5, 5.41) is 12.5. The number of aromatic nitrogens is 2. The van der Waals surface area contributed by atoms with Crippen molar-refractivity contribution in [3.05, 3.63) is 243 Å². The summed E-state index contributed by atoms with van der Waals surface area (Å²) in [4.78, 5) is 0. The quantitative estimate of drug-likeness (QED) is 0.116. The summed E-state index contributed by atoms with van der Waals surface area (Å²) in [6.45, 7) is 0. The van der Waals surface area contributed by atoms with Gasteiger partial charge in [0.25, 0.3) is 0 Å². The van der Waals surface area contributed by atoms with Gasteiger partial charge in [0.15, 0.2) is 8.07 Å². The van der Waals surface area contributed by atoms with Gasteiger partial charge in [0.1, 0.15) is 11.2 Å². The molecule has 0 saturated heterocycles. The first-order chi connectivity index (χ1) is 31.8. The van der Waals surface area contributed by atoms with E-state index in [4.69, 9.17) is 4.42 Å². The van der Waals surface area contributed by atoms with Crippen molar-refractivity contribution in [1.29, 1.82) is 0 Å². The summed E-state index contributed by atoms with van der Waals surface area (Å²) in [5.74, 6) is 0. The van der Waals surface area contributed by atoms with E-state index < -0.39 is 8.07 Å². The lowest BCUT2D eigenvalue weighted by molar-refractivity contribution is 0.670. The van der Waals surface area contributed by atoms with Crippen LogP contribution in [0.1, 0.15) is 0 Å². The van der Waals surface area contributed by atoms with Gasteiger partial charge in [-0.3, -0.25) is 0 Å². The average molecular weight is 833 g/mol. The fraction of sp³-hybridized carbons (Fsp3) is 0. The second kappa shape index (κ2) is 14.5. The lowest BCUT2D eigenvalue weighted by Gasteiger charge is -2.35. The van der Waals surface area contributed by atoms with Crippen LogP contribution in [0.25, 0.3) is 88.1 Å². The molecule has 3 aromatic heterocycles. The maximum Gasteiger partial charge on any atom is 0.179 e. The molecule has 0 aliphatic rings. The zero-order chi connectivity index (χ0) is 42.2. The number of nitrogens with zero attached hydrogens (tertiary/aromatic N) is 2. The number of furan rings is 1. The van der Waals surface area contributed by atoms with Crippen LogP contribution >= 0.6 is 0 Å². The van der Waals surface area contributed by atoms with E-state index in [1.165, 1.54) is 64.4 Å². The molecule has 0 aliphatic heterocycles. The Morgan fingerprint density at radius 1 is 0.297 bits per heavy atom. The molecule has 0 amide bonds. The predicted octanol–water partition coefficient (Wildman–Crippen LogP) is 12.8. The SMILES string of the molecule is c1ccc([Si](c2ccccc2)(c2cccc(-c3cccc4c3oc3ccccc34)c2)c2cccc(-n3c4ccccc4c4cc(-n5c6ccccc6c6ccccc65)ccc43)c2)cc1. The molecule has 13 aromatic rings. The summed E-state index contributed by atoms with van der Waals surface area (Å²) in [5.41, 5.74) is 11.1. The molecule has 10 aromatic carbocycles. The molecular formula is C60H40N2OSi. The van der Waals surface area contributed by atoms with Crippen LogP contribution in [0.2, 0.25) is 0 Å². The third kappa shape index (κ3) is 5.39. The number of hydrogen-bond donors (Lipinski definition) is 0. The second-order valence-electron chi connectivity index (χ2n) is 16.8. The van der Waals surface area contributed by atoms with E-state index in [0.29, 0.717) is 0 Å². The van der Waals surface area contributed by atoms with Crippen LogP contribution in [-0.2, 0) is 0 Å². The van der Waals surface area contributed by atoms with Gasteiger partial charge in [0.05, 0.1) is 22.1 Å². The summed E-state index contributed by atoms with van der Waals surface area (Å²) < 4.78 is 11.5. The molecule has 0 radical (unpaired) electrons. The molecule has 3 heterocycles. The third-order valence-corrected chi connectivity index (χ3v) is 18.2. The Labute approximate surface area is 371 Å². The van der Waals surface area contributed by atoms with Crippen LogP contribution in [0, 0.1) is 0 Å². The first-order valence-electron chi connectivity index (χ1n) is 22.0. The van der Waals surface area contributed by atoms with Crippen molar-refractivity contribution in [2.24, 2.45) is 0 Å². The molecule has 0 atom stereocenters. The van der Waals surface area contributed by atoms with E-state index in [1.807, 2.05) is 6.07 Å². The Balaban J connectivity index is 1.04. The Bertz CT molecular complexity index is 3820. The van der Waals surface area contributed by atoms with Gasteiger partial charge in [0, 0.05) is 49.3 Å². The predicted molar refractivity (Wildman–Crippen MR) is 271 cm³/mol. The van der Waals surface area contributed by atoms with Gasteiger partial charge in [-0.05, 0) is 80.9 Å². The van der Waals surface area contributed by atoms with Crippen LogP contribution in [0.4, 0.5) is 0 Å². The second-order valence-corrected chi connectivity index (χ2v) is 20.6. The number of rotatable bonds is 7. The van der Waals surface area contributed by atoms with E-state index in [1.54, 1.807) is 0 Å². The highest BCUT2D eigenvalue weighted by Crippen LogP contribution is 2.38. The summed E-state index contributed by atoms with van der Waals surface area (Å²) >= 11 is 0. The van der Waals surface area contributed by atoms with E-state index in [0.717, 1.165) is 44.4 Å². The zero-order valence-corrected chi connectivity index (χ0v) is 35.9. The Morgan fingerprint density at radius 2 is 0.766 bits per heavy atom. The molecule has 300 valence electrons. The number of fused-ring (bicyclic) bond motifs is 9. The average Bonchev–Trinajstić information content (AvgIpc) is 4.03. The topological polar surface area (TPSA) is 23.0 Å². The molecule has 0 N–H and O–H groups in total. The van der Waals surface area contributed by atoms with Crippen molar-refractivity contribution in [3.8, 4) is 22.5 Å². The van der Waals surface area contributed by atoms with E-state index >= 15 is 0 Å². The van der Waals surface area contributed by atoms with Gasteiger partial charge in [-0.15, -0.1) is 0 Å². The van der Waals surface area contributed by atoms with Crippen molar-refractivity contribution < 1.29 is 4.42 Å². The molecule has 3 nitrogen and oxygen atoms in total.